The molecule has 1 aromatic carbocycles. The Morgan fingerprint density at radius 1 is 1.31 bits per heavy atom. The third-order valence-corrected chi connectivity index (χ3v) is 5.87. The fraction of sp³-hybridized carbons (Fsp3) is 0.318. The first-order chi connectivity index (χ1) is 14.1. The number of allylic oxidation sites excluding steroid dienone is 4. The van der Waals surface area contributed by atoms with E-state index in [2.05, 4.69) is 37.6 Å². The van der Waals surface area contributed by atoms with Crippen molar-refractivity contribution in [3.05, 3.63) is 59.9 Å². The summed E-state index contributed by atoms with van der Waals surface area (Å²) < 4.78 is 0. The van der Waals surface area contributed by atoms with Crippen molar-refractivity contribution in [2.24, 2.45) is 0 Å². The Morgan fingerprint density at radius 2 is 2.17 bits per heavy atom. The number of hydrogen-bond acceptors (Lipinski definition) is 7. The number of nitrogens with zero attached hydrogens (tertiary/aromatic N) is 3. The van der Waals surface area contributed by atoms with E-state index >= 15 is 0 Å². The minimum atomic E-state index is 0.00905. The lowest BCUT2D eigenvalue weighted by Crippen LogP contribution is -2.52. The Labute approximate surface area is 169 Å². The largest absolute Gasteiger partial charge is 0.507 e. The van der Waals surface area contributed by atoms with Crippen molar-refractivity contribution in [3.63, 3.8) is 0 Å². The number of fused-ring (bicyclic) bond motifs is 1. The molecule has 29 heavy (non-hydrogen) atoms. The van der Waals surface area contributed by atoms with Gasteiger partial charge in [-0.05, 0) is 37.1 Å². The second-order valence-corrected chi connectivity index (χ2v) is 7.96. The van der Waals surface area contributed by atoms with Crippen molar-refractivity contribution in [2.75, 3.05) is 31.6 Å². The molecule has 148 valence electrons. The van der Waals surface area contributed by atoms with Gasteiger partial charge in [0.25, 0.3) is 0 Å². The molecule has 1 saturated carbocycles. The maximum Gasteiger partial charge on any atom is 0.163 e. The van der Waals surface area contributed by atoms with E-state index in [9.17, 15) is 5.11 Å². The second kappa shape index (κ2) is 6.70. The maximum atomic E-state index is 10.3. The predicted octanol–water partition coefficient (Wildman–Crippen LogP) is 2.53. The van der Waals surface area contributed by atoms with Gasteiger partial charge < -0.3 is 26.0 Å². The molecular weight excluding hydrogens is 364 g/mol. The molecule has 1 aromatic heterocycles. The molecule has 0 radical (unpaired) electrons. The highest BCUT2D eigenvalue weighted by atomic mass is 16.3. The van der Waals surface area contributed by atoms with Crippen LogP contribution < -0.4 is 15.5 Å². The number of nitrogens with one attached hydrogen (secondary N) is 3. The number of aromatic nitrogens is 2. The van der Waals surface area contributed by atoms with Crippen LogP contribution in [0, 0.1) is 5.41 Å². The van der Waals surface area contributed by atoms with Crippen LogP contribution in [0.25, 0.3) is 16.5 Å². The molecule has 0 amide bonds. The molecule has 3 aliphatic rings. The number of hydrogen-bond donors (Lipinski definition) is 4. The number of aliphatic hydroxyl groups excluding tert-OH is 1. The lowest BCUT2D eigenvalue weighted by molar-refractivity contribution is 0.437. The first kappa shape index (κ1) is 17.9. The van der Waals surface area contributed by atoms with Gasteiger partial charge in [0, 0.05) is 67.3 Å². The lowest BCUT2D eigenvalue weighted by Gasteiger charge is -2.35. The third-order valence-electron chi connectivity index (χ3n) is 5.87. The predicted molar refractivity (Wildman–Crippen MR) is 115 cm³/mol. The minimum absolute atomic E-state index is 0.00905. The van der Waals surface area contributed by atoms with Gasteiger partial charge in [0.2, 0.25) is 0 Å². The quantitative estimate of drug-likeness (QED) is 0.645. The summed E-state index contributed by atoms with van der Waals surface area (Å²) in [6.45, 7) is 3.07. The van der Waals surface area contributed by atoms with Gasteiger partial charge in [-0.3, -0.25) is 0 Å². The number of rotatable bonds is 3. The molecule has 1 spiro atoms. The molecule has 5 rings (SSSR count). The maximum absolute atomic E-state index is 10.3. The summed E-state index contributed by atoms with van der Waals surface area (Å²) in [5, 5.41) is 25.9. The Bertz CT molecular complexity index is 1100. The average molecular weight is 388 g/mol. The first-order valence-electron chi connectivity index (χ1n) is 9.93. The molecule has 1 saturated heterocycles. The smallest absolute Gasteiger partial charge is 0.163 e. The molecule has 7 heteroatoms. The van der Waals surface area contributed by atoms with Crippen LogP contribution in [-0.2, 0) is 0 Å². The van der Waals surface area contributed by atoms with Crippen molar-refractivity contribution >= 4 is 27.9 Å². The van der Waals surface area contributed by atoms with E-state index < -0.39 is 0 Å². The highest BCUT2D eigenvalue weighted by Crippen LogP contribution is 2.39. The average Bonchev–Trinajstić information content (AvgIpc) is 3.47. The van der Waals surface area contributed by atoms with Gasteiger partial charge in [-0.2, -0.15) is 0 Å². The van der Waals surface area contributed by atoms with Gasteiger partial charge in [-0.25, -0.2) is 9.97 Å². The van der Waals surface area contributed by atoms with E-state index in [4.69, 9.17) is 5.41 Å². The first-order valence-corrected chi connectivity index (χ1v) is 9.93. The standard InChI is InChI=1S/C22H24N6O/c1-24-11-14-9-17(20(29)10-18(14)23)21-25-12-15-8-16(2-3-19(15)27-21)28-7-6-26-22(13-28)4-5-22/h2-3,8-12,23-24,26,29H,4-7,13H2,1H3/b14-11-,23-18?. The fourth-order valence-corrected chi connectivity index (χ4v) is 4.07. The highest BCUT2D eigenvalue weighted by molar-refractivity contribution is 6.13. The SMILES string of the molecule is CN/C=C1/C=C(c2ncc3cc(N4CCNC5(CC5)C4)ccc3n2)C(O)=CC1=N. The summed E-state index contributed by atoms with van der Waals surface area (Å²) in [5.41, 5.74) is 3.81. The van der Waals surface area contributed by atoms with Crippen LogP contribution >= 0.6 is 0 Å². The molecule has 0 atom stereocenters. The van der Waals surface area contributed by atoms with E-state index in [1.165, 1.54) is 24.6 Å². The molecule has 4 N–H and O–H groups in total. The molecule has 1 aliphatic heterocycles. The van der Waals surface area contributed by atoms with E-state index in [1.54, 1.807) is 19.3 Å². The van der Waals surface area contributed by atoms with Crippen molar-refractivity contribution < 1.29 is 5.11 Å². The fourth-order valence-electron chi connectivity index (χ4n) is 4.07. The second-order valence-electron chi connectivity index (χ2n) is 7.96. The summed E-state index contributed by atoms with van der Waals surface area (Å²) in [4.78, 5) is 11.6. The number of aliphatic hydroxyl groups is 1. The topological polar surface area (TPSA) is 97.2 Å². The molecule has 7 nitrogen and oxygen atoms in total. The van der Waals surface area contributed by atoms with Crippen LogP contribution in [0.2, 0.25) is 0 Å². The summed E-state index contributed by atoms with van der Waals surface area (Å²) >= 11 is 0. The van der Waals surface area contributed by atoms with Crippen LogP contribution in [0.3, 0.4) is 0 Å². The van der Waals surface area contributed by atoms with Crippen LogP contribution in [-0.4, -0.2) is 53.0 Å². The zero-order valence-electron chi connectivity index (χ0n) is 16.4. The van der Waals surface area contributed by atoms with E-state index in [1.807, 2.05) is 12.3 Å². The van der Waals surface area contributed by atoms with Gasteiger partial charge in [-0.1, -0.05) is 0 Å². The molecule has 0 unspecified atom stereocenters. The van der Waals surface area contributed by atoms with Crippen LogP contribution in [0.5, 0.6) is 0 Å². The van der Waals surface area contributed by atoms with E-state index in [0.717, 1.165) is 30.5 Å². The Balaban J connectivity index is 1.47. The minimum Gasteiger partial charge on any atom is -0.507 e. The van der Waals surface area contributed by atoms with Crippen molar-refractivity contribution in [1.29, 1.82) is 5.41 Å². The highest BCUT2D eigenvalue weighted by Gasteiger charge is 2.45. The number of piperazine rings is 1. The summed E-state index contributed by atoms with van der Waals surface area (Å²) in [6, 6.07) is 6.29. The number of benzene rings is 1. The zero-order chi connectivity index (χ0) is 20.0. The molecule has 2 fully saturated rings. The number of anilines is 1. The molecule has 2 heterocycles. The van der Waals surface area contributed by atoms with Gasteiger partial charge in [0.15, 0.2) is 5.82 Å². The summed E-state index contributed by atoms with van der Waals surface area (Å²) in [7, 11) is 1.78. The van der Waals surface area contributed by atoms with Crippen LogP contribution in [0.4, 0.5) is 5.69 Å². The van der Waals surface area contributed by atoms with Crippen molar-refractivity contribution in [1.82, 2.24) is 20.6 Å². The lowest BCUT2D eigenvalue weighted by atomic mass is 9.98. The monoisotopic (exact) mass is 388 g/mol. The Morgan fingerprint density at radius 3 is 2.97 bits per heavy atom. The van der Waals surface area contributed by atoms with Gasteiger partial charge in [-0.15, -0.1) is 0 Å². The van der Waals surface area contributed by atoms with Gasteiger partial charge >= 0.3 is 0 Å². The van der Waals surface area contributed by atoms with Crippen LogP contribution in [0.15, 0.2) is 54.1 Å². The Kier molecular flexibility index (Phi) is 4.13. The van der Waals surface area contributed by atoms with Gasteiger partial charge in [0.1, 0.15) is 5.76 Å². The molecule has 2 aliphatic carbocycles. The normalized spacial score (nSPS) is 22.0. The Hall–Kier alpha value is -3.19. The molecular formula is C22H24N6O. The molecule has 2 aromatic rings. The molecule has 0 bridgehead atoms. The summed E-state index contributed by atoms with van der Waals surface area (Å²) in [5.74, 6) is 0.461. The summed E-state index contributed by atoms with van der Waals surface area (Å²) in [6.07, 6.45) is 9.21. The van der Waals surface area contributed by atoms with Crippen molar-refractivity contribution in [3.8, 4) is 0 Å². The van der Waals surface area contributed by atoms with Crippen molar-refractivity contribution in [2.45, 2.75) is 18.4 Å². The van der Waals surface area contributed by atoms with E-state index in [-0.39, 0.29) is 11.5 Å². The van der Waals surface area contributed by atoms with Gasteiger partial charge in [0.05, 0.1) is 16.8 Å². The zero-order valence-corrected chi connectivity index (χ0v) is 16.4. The van der Waals surface area contributed by atoms with E-state index in [0.29, 0.717) is 22.5 Å². The van der Waals surface area contributed by atoms with Crippen LogP contribution in [0.1, 0.15) is 18.7 Å². The third kappa shape index (κ3) is 3.27.